The van der Waals surface area contributed by atoms with Crippen LogP contribution >= 0.6 is 0 Å². The highest BCUT2D eigenvalue weighted by molar-refractivity contribution is 6.03. The van der Waals surface area contributed by atoms with Gasteiger partial charge in [0.15, 0.2) is 5.82 Å². The van der Waals surface area contributed by atoms with Crippen molar-refractivity contribution in [2.45, 2.75) is 26.7 Å². The van der Waals surface area contributed by atoms with Crippen molar-refractivity contribution in [2.24, 2.45) is 0 Å². The summed E-state index contributed by atoms with van der Waals surface area (Å²) in [5.41, 5.74) is 6.86. The average Bonchev–Trinajstić information content (AvgIpc) is 2.73. The molecule has 0 radical (unpaired) electrons. The zero-order valence-electron chi connectivity index (χ0n) is 11.0. The van der Waals surface area contributed by atoms with E-state index in [1.54, 1.807) is 13.0 Å². The summed E-state index contributed by atoms with van der Waals surface area (Å²) in [6, 6.07) is 3.26. The first kappa shape index (κ1) is 13.0. The van der Waals surface area contributed by atoms with Crippen molar-refractivity contribution >= 4 is 17.7 Å². The van der Waals surface area contributed by atoms with Crippen LogP contribution in [0.5, 0.6) is 0 Å². The van der Waals surface area contributed by atoms with Gasteiger partial charge in [0.25, 0.3) is 5.91 Å². The highest BCUT2D eigenvalue weighted by Gasteiger charge is 2.13. The summed E-state index contributed by atoms with van der Waals surface area (Å²) in [6.45, 7) is 5.62. The van der Waals surface area contributed by atoms with Gasteiger partial charge >= 0.3 is 6.01 Å². The fourth-order valence-corrected chi connectivity index (χ4v) is 1.52. The molecule has 2 heterocycles. The number of carbonyl (C=O) groups excluding carboxylic acids is 1. The molecule has 0 saturated heterocycles. The highest BCUT2D eigenvalue weighted by atomic mass is 16.5. The molecule has 2 rings (SSSR count). The Hall–Kier alpha value is -2.44. The molecule has 100 valence electrons. The first-order chi connectivity index (χ1) is 8.95. The minimum atomic E-state index is -0.361. The summed E-state index contributed by atoms with van der Waals surface area (Å²) in [7, 11) is 0. The number of carbonyl (C=O) groups is 1. The summed E-state index contributed by atoms with van der Waals surface area (Å²) < 4.78 is 4.82. The van der Waals surface area contributed by atoms with E-state index in [1.165, 1.54) is 6.07 Å². The van der Waals surface area contributed by atoms with Crippen LogP contribution in [0, 0.1) is 6.92 Å². The average molecular weight is 261 g/mol. The lowest BCUT2D eigenvalue weighted by atomic mass is 10.1. The Balaban J connectivity index is 2.23. The van der Waals surface area contributed by atoms with Gasteiger partial charge < -0.3 is 10.3 Å². The van der Waals surface area contributed by atoms with E-state index in [1.807, 2.05) is 13.8 Å². The van der Waals surface area contributed by atoms with Crippen LogP contribution in [0.1, 0.15) is 41.6 Å². The van der Waals surface area contributed by atoms with Gasteiger partial charge in [-0.25, -0.2) is 4.98 Å². The van der Waals surface area contributed by atoms with Crippen molar-refractivity contribution in [1.29, 1.82) is 0 Å². The molecule has 0 saturated carbocycles. The summed E-state index contributed by atoms with van der Waals surface area (Å²) in [5.74, 6) is 0.575. The van der Waals surface area contributed by atoms with Gasteiger partial charge in [0.2, 0.25) is 0 Å². The van der Waals surface area contributed by atoms with Gasteiger partial charge in [0.05, 0.1) is 0 Å². The van der Waals surface area contributed by atoms with Crippen LogP contribution in [0.25, 0.3) is 0 Å². The lowest BCUT2D eigenvalue weighted by Crippen LogP contribution is -2.14. The molecule has 1 amide bonds. The number of hydrogen-bond acceptors (Lipinski definition) is 6. The molecule has 0 atom stereocenters. The molecule has 7 heteroatoms. The van der Waals surface area contributed by atoms with Gasteiger partial charge in [-0.05, 0) is 25.0 Å². The monoisotopic (exact) mass is 261 g/mol. The van der Waals surface area contributed by atoms with Crippen LogP contribution in [0.3, 0.4) is 0 Å². The number of nitrogens with one attached hydrogen (secondary N) is 1. The van der Waals surface area contributed by atoms with Gasteiger partial charge in [0.1, 0.15) is 5.82 Å². The summed E-state index contributed by atoms with van der Waals surface area (Å²) in [5, 5.41) is 6.10. The van der Waals surface area contributed by atoms with E-state index in [-0.39, 0.29) is 17.8 Å². The first-order valence-electron chi connectivity index (χ1n) is 5.85. The van der Waals surface area contributed by atoms with Gasteiger partial charge in [-0.2, -0.15) is 4.98 Å². The van der Waals surface area contributed by atoms with Crippen LogP contribution in [0.4, 0.5) is 11.8 Å². The van der Waals surface area contributed by atoms with Gasteiger partial charge in [-0.3, -0.25) is 10.1 Å². The SMILES string of the molecule is Cc1noc(NC(=O)c2cc(N)nc(C(C)C)c2)n1. The van der Waals surface area contributed by atoms with E-state index in [0.29, 0.717) is 17.2 Å². The van der Waals surface area contributed by atoms with Gasteiger partial charge in [-0.15, -0.1) is 0 Å². The van der Waals surface area contributed by atoms with Crippen molar-refractivity contribution in [3.05, 3.63) is 29.2 Å². The Morgan fingerprint density at radius 1 is 1.37 bits per heavy atom. The maximum absolute atomic E-state index is 12.0. The molecule has 0 aromatic carbocycles. The Morgan fingerprint density at radius 2 is 2.11 bits per heavy atom. The smallest absolute Gasteiger partial charge is 0.328 e. The van der Waals surface area contributed by atoms with Crippen LogP contribution < -0.4 is 11.1 Å². The molecule has 19 heavy (non-hydrogen) atoms. The summed E-state index contributed by atoms with van der Waals surface area (Å²) in [6.07, 6.45) is 0. The molecular formula is C12H15N5O2. The maximum Gasteiger partial charge on any atom is 0.328 e. The zero-order chi connectivity index (χ0) is 14.0. The van der Waals surface area contributed by atoms with Crippen molar-refractivity contribution < 1.29 is 9.32 Å². The fraction of sp³-hybridized carbons (Fsp3) is 0.333. The third-order valence-corrected chi connectivity index (χ3v) is 2.47. The summed E-state index contributed by atoms with van der Waals surface area (Å²) >= 11 is 0. The molecule has 0 aliphatic heterocycles. The van der Waals surface area contributed by atoms with Crippen LogP contribution in [0.15, 0.2) is 16.7 Å². The van der Waals surface area contributed by atoms with Crippen LogP contribution in [-0.4, -0.2) is 21.0 Å². The number of nitrogens with zero attached hydrogens (tertiary/aromatic N) is 3. The minimum Gasteiger partial charge on any atom is -0.384 e. The predicted molar refractivity (Wildman–Crippen MR) is 69.7 cm³/mol. The Labute approximate surface area is 110 Å². The number of amides is 1. The second kappa shape index (κ2) is 5.05. The van der Waals surface area contributed by atoms with Crippen molar-refractivity contribution in [3.8, 4) is 0 Å². The minimum absolute atomic E-state index is 0.0592. The number of nitrogens with two attached hydrogens (primary N) is 1. The van der Waals surface area contributed by atoms with E-state index >= 15 is 0 Å². The molecule has 0 bridgehead atoms. The molecule has 2 aromatic heterocycles. The van der Waals surface area contributed by atoms with E-state index in [4.69, 9.17) is 10.3 Å². The number of rotatable bonds is 3. The quantitative estimate of drug-likeness (QED) is 0.871. The molecule has 0 aliphatic carbocycles. The molecule has 3 N–H and O–H groups in total. The van der Waals surface area contributed by atoms with Crippen LogP contribution in [-0.2, 0) is 0 Å². The van der Waals surface area contributed by atoms with Gasteiger partial charge in [-0.1, -0.05) is 19.0 Å². The third-order valence-electron chi connectivity index (χ3n) is 2.47. The van der Waals surface area contributed by atoms with Crippen LogP contribution in [0.2, 0.25) is 0 Å². The molecule has 7 nitrogen and oxygen atoms in total. The molecular weight excluding hydrogens is 246 g/mol. The third kappa shape index (κ3) is 3.06. The second-order valence-electron chi connectivity index (χ2n) is 4.46. The lowest BCUT2D eigenvalue weighted by Gasteiger charge is -2.08. The van der Waals surface area contributed by atoms with E-state index in [9.17, 15) is 4.79 Å². The number of aromatic nitrogens is 3. The number of aryl methyl sites for hydroxylation is 1. The Bertz CT molecular complexity index is 606. The standard InChI is InChI=1S/C12H15N5O2/c1-6(2)9-4-8(5-10(13)15-9)11(18)16-12-14-7(3)17-19-12/h4-6H,1-3H3,(H2,13,15)(H,14,16,17,18). The van der Waals surface area contributed by atoms with Gasteiger partial charge in [0, 0.05) is 11.3 Å². The van der Waals surface area contributed by atoms with Crippen molar-refractivity contribution in [3.63, 3.8) is 0 Å². The molecule has 2 aromatic rings. The second-order valence-corrected chi connectivity index (χ2v) is 4.46. The highest BCUT2D eigenvalue weighted by Crippen LogP contribution is 2.17. The molecule has 0 fully saturated rings. The summed E-state index contributed by atoms with van der Waals surface area (Å²) in [4.78, 5) is 20.1. The number of pyridine rings is 1. The largest absolute Gasteiger partial charge is 0.384 e. The van der Waals surface area contributed by atoms with E-state index in [0.717, 1.165) is 5.69 Å². The Kier molecular flexibility index (Phi) is 3.46. The van der Waals surface area contributed by atoms with E-state index in [2.05, 4.69) is 20.4 Å². The topological polar surface area (TPSA) is 107 Å². The van der Waals surface area contributed by atoms with Crippen molar-refractivity contribution in [2.75, 3.05) is 11.1 Å². The first-order valence-corrected chi connectivity index (χ1v) is 5.85. The maximum atomic E-state index is 12.0. The zero-order valence-corrected chi connectivity index (χ0v) is 11.0. The van der Waals surface area contributed by atoms with Crippen molar-refractivity contribution in [1.82, 2.24) is 15.1 Å². The van der Waals surface area contributed by atoms with E-state index < -0.39 is 0 Å². The molecule has 0 unspecified atom stereocenters. The molecule has 0 aliphatic rings. The number of anilines is 2. The number of hydrogen-bond donors (Lipinski definition) is 2. The lowest BCUT2D eigenvalue weighted by molar-refractivity contribution is 0.102. The fourth-order valence-electron chi connectivity index (χ4n) is 1.52. The normalized spacial score (nSPS) is 10.7. The number of nitrogen functional groups attached to an aromatic ring is 1. The molecule has 0 spiro atoms. The predicted octanol–water partition coefficient (Wildman–Crippen LogP) is 1.73. The Morgan fingerprint density at radius 3 is 2.68 bits per heavy atom.